The average molecular weight is 393 g/mol. The first kappa shape index (κ1) is 23.0. The molecule has 0 aromatic rings. The minimum atomic E-state index is -1.54. The Bertz CT molecular complexity index is 529. The van der Waals surface area contributed by atoms with Gasteiger partial charge >= 0.3 is 0 Å². The molecule has 2 saturated carbocycles. The predicted octanol–water partition coefficient (Wildman–Crippen LogP) is 6.39. The van der Waals surface area contributed by atoms with Gasteiger partial charge in [-0.1, -0.05) is 47.0 Å². The van der Waals surface area contributed by atoms with E-state index in [1.807, 2.05) is 0 Å². The van der Waals surface area contributed by atoms with Crippen molar-refractivity contribution in [2.45, 2.75) is 117 Å². The number of fused-ring (bicyclic) bond motifs is 1. The largest absolute Gasteiger partial charge is 0.414 e. The highest BCUT2D eigenvalue weighted by molar-refractivity contribution is 6.73. The summed E-state index contributed by atoms with van der Waals surface area (Å²) >= 11 is 0. The number of aliphatic hydroxyl groups is 1. The zero-order chi connectivity index (χ0) is 20.3. The van der Waals surface area contributed by atoms with Gasteiger partial charge in [-0.15, -0.1) is 5.92 Å². The molecule has 0 amide bonds. The van der Waals surface area contributed by atoms with Crippen molar-refractivity contribution < 1.29 is 9.53 Å². The van der Waals surface area contributed by atoms with Gasteiger partial charge in [0.1, 0.15) is 5.60 Å². The molecule has 0 aromatic carbocycles. The quantitative estimate of drug-likeness (QED) is 0.401. The second kappa shape index (κ2) is 9.01. The summed E-state index contributed by atoms with van der Waals surface area (Å²) in [5.74, 6) is 8.35. The van der Waals surface area contributed by atoms with Crippen molar-refractivity contribution in [1.82, 2.24) is 0 Å². The van der Waals surface area contributed by atoms with Crippen molar-refractivity contribution in [2.24, 2.45) is 23.2 Å². The zero-order valence-corrected chi connectivity index (χ0v) is 20.0. The summed E-state index contributed by atoms with van der Waals surface area (Å²) in [5, 5.41) is 9.86. The molecule has 5 atom stereocenters. The van der Waals surface area contributed by atoms with Crippen molar-refractivity contribution in [3.63, 3.8) is 0 Å². The van der Waals surface area contributed by atoms with Gasteiger partial charge in [0.05, 0.1) is 0 Å². The van der Waals surface area contributed by atoms with Crippen LogP contribution >= 0.6 is 0 Å². The van der Waals surface area contributed by atoms with E-state index in [1.165, 1.54) is 50.2 Å². The minimum absolute atomic E-state index is 0.411. The fourth-order valence-electron chi connectivity index (χ4n) is 6.13. The summed E-state index contributed by atoms with van der Waals surface area (Å²) in [5.41, 5.74) is -0.464. The fourth-order valence-corrected chi connectivity index (χ4v) is 9.05. The molecule has 2 fully saturated rings. The maximum atomic E-state index is 9.86. The number of rotatable bonds is 7. The Morgan fingerprint density at radius 1 is 1.15 bits per heavy atom. The van der Waals surface area contributed by atoms with E-state index in [9.17, 15) is 5.11 Å². The molecule has 0 aromatic heterocycles. The highest BCUT2D eigenvalue weighted by atomic mass is 28.4. The lowest BCUT2D eigenvalue weighted by Crippen LogP contribution is -2.48. The Hall–Kier alpha value is -0.303. The molecule has 0 radical (unpaired) electrons. The van der Waals surface area contributed by atoms with E-state index in [-0.39, 0.29) is 0 Å². The van der Waals surface area contributed by atoms with Gasteiger partial charge < -0.3 is 9.53 Å². The molecule has 0 spiro atoms. The summed E-state index contributed by atoms with van der Waals surface area (Å²) in [4.78, 5) is 0. The van der Waals surface area contributed by atoms with Crippen LogP contribution in [0.2, 0.25) is 18.1 Å². The minimum Gasteiger partial charge on any atom is -0.414 e. The fraction of sp³-hybridized carbons (Fsp3) is 0.917. The van der Waals surface area contributed by atoms with Crippen LogP contribution in [0.1, 0.15) is 87.0 Å². The molecule has 2 aliphatic carbocycles. The first-order chi connectivity index (χ1) is 12.6. The molecule has 4 unspecified atom stereocenters. The first-order valence-corrected chi connectivity index (χ1v) is 14.0. The third-order valence-corrected chi connectivity index (χ3v) is 12.6. The molecule has 2 nitrogen and oxygen atoms in total. The van der Waals surface area contributed by atoms with E-state index in [4.69, 9.17) is 4.43 Å². The van der Waals surface area contributed by atoms with Gasteiger partial charge in [-0.25, -0.2) is 0 Å². The second-order valence-corrected chi connectivity index (χ2v) is 14.9. The van der Waals surface area contributed by atoms with Gasteiger partial charge in [0.2, 0.25) is 0 Å². The highest BCUT2D eigenvalue weighted by Crippen LogP contribution is 2.59. The Kier molecular flexibility index (Phi) is 7.67. The molecule has 2 rings (SSSR count). The third-order valence-electron chi connectivity index (χ3n) is 7.98. The van der Waals surface area contributed by atoms with E-state index in [0.717, 1.165) is 18.3 Å². The summed E-state index contributed by atoms with van der Waals surface area (Å²) < 4.78 is 7.04. The molecule has 3 heteroatoms. The van der Waals surface area contributed by atoms with Crippen molar-refractivity contribution in [3.05, 3.63) is 0 Å². The number of hydrogen-bond acceptors (Lipinski definition) is 2. The molecule has 0 aliphatic heterocycles. The van der Waals surface area contributed by atoms with E-state index in [2.05, 4.69) is 46.5 Å². The summed E-state index contributed by atoms with van der Waals surface area (Å²) in [6.45, 7) is 15.5. The van der Waals surface area contributed by atoms with E-state index >= 15 is 0 Å². The van der Waals surface area contributed by atoms with E-state index < -0.39 is 13.9 Å². The van der Waals surface area contributed by atoms with Gasteiger partial charge in [0.25, 0.3) is 0 Å². The smallest absolute Gasteiger partial charge is 0.192 e. The normalized spacial score (nSPS) is 32.5. The van der Waals surface area contributed by atoms with Crippen molar-refractivity contribution in [1.29, 1.82) is 0 Å². The van der Waals surface area contributed by atoms with Crippen LogP contribution in [0.15, 0.2) is 0 Å². The monoisotopic (exact) mass is 392 g/mol. The van der Waals surface area contributed by atoms with Crippen LogP contribution in [0.4, 0.5) is 0 Å². The molecular weight excluding hydrogens is 348 g/mol. The Balaban J connectivity index is 2.11. The lowest BCUT2D eigenvalue weighted by molar-refractivity contribution is -0.0189. The van der Waals surface area contributed by atoms with Crippen LogP contribution in [-0.2, 0) is 4.43 Å². The van der Waals surface area contributed by atoms with Crippen molar-refractivity contribution in [3.8, 4) is 11.8 Å². The van der Waals surface area contributed by atoms with Crippen LogP contribution in [0, 0.1) is 35.0 Å². The SMILES string of the molecule is CC[Si](CC)(CC)OC1CCC[C@]2(C)C(C(C)CC#CC(C)(C)O)CCC12. The second-order valence-electron chi connectivity index (χ2n) is 10.1. The molecule has 0 heterocycles. The first-order valence-electron chi connectivity index (χ1n) is 11.5. The molecule has 27 heavy (non-hydrogen) atoms. The van der Waals surface area contributed by atoms with E-state index in [0.29, 0.717) is 17.4 Å². The summed E-state index contributed by atoms with van der Waals surface area (Å²) in [7, 11) is -1.54. The van der Waals surface area contributed by atoms with Crippen LogP contribution in [0.3, 0.4) is 0 Å². The summed E-state index contributed by atoms with van der Waals surface area (Å²) in [6.07, 6.45) is 7.99. The molecule has 0 bridgehead atoms. The van der Waals surface area contributed by atoms with Gasteiger partial charge in [0.15, 0.2) is 8.32 Å². The topological polar surface area (TPSA) is 29.5 Å². The van der Waals surface area contributed by atoms with Crippen LogP contribution in [0.5, 0.6) is 0 Å². The molecular formula is C24H44O2Si. The maximum absolute atomic E-state index is 9.86. The van der Waals surface area contributed by atoms with Crippen molar-refractivity contribution >= 4 is 8.32 Å². The van der Waals surface area contributed by atoms with Crippen molar-refractivity contribution in [2.75, 3.05) is 0 Å². The standard InChI is InChI=1S/C24H44O2Si/c1-8-27(9-2,10-3)26-22-14-12-18-24(7)20(15-16-21(22)24)19(4)13-11-17-23(5,6)25/h19-22,25H,8-10,12-16,18H2,1-7H3/t19?,20?,21?,22?,24-/m1/s1. The molecule has 156 valence electrons. The third kappa shape index (κ3) is 5.20. The Labute approximate surface area is 170 Å². The summed E-state index contributed by atoms with van der Waals surface area (Å²) in [6, 6.07) is 3.77. The van der Waals surface area contributed by atoms with Gasteiger partial charge in [-0.3, -0.25) is 0 Å². The molecule has 2 aliphatic rings. The van der Waals surface area contributed by atoms with Crippen LogP contribution < -0.4 is 0 Å². The lowest BCUT2D eigenvalue weighted by Gasteiger charge is -2.48. The lowest BCUT2D eigenvalue weighted by atomic mass is 9.61. The van der Waals surface area contributed by atoms with Crippen LogP contribution in [-0.4, -0.2) is 25.1 Å². The highest BCUT2D eigenvalue weighted by Gasteiger charge is 2.53. The zero-order valence-electron chi connectivity index (χ0n) is 19.0. The Morgan fingerprint density at radius 2 is 1.78 bits per heavy atom. The van der Waals surface area contributed by atoms with Gasteiger partial charge in [0, 0.05) is 12.5 Å². The van der Waals surface area contributed by atoms with Gasteiger partial charge in [-0.2, -0.15) is 0 Å². The van der Waals surface area contributed by atoms with Crippen LogP contribution in [0.25, 0.3) is 0 Å². The Morgan fingerprint density at radius 3 is 2.33 bits per heavy atom. The average Bonchev–Trinajstić information content (AvgIpc) is 2.96. The molecule has 0 saturated heterocycles. The maximum Gasteiger partial charge on any atom is 0.192 e. The molecule has 1 N–H and O–H groups in total. The van der Waals surface area contributed by atoms with E-state index in [1.54, 1.807) is 13.8 Å². The van der Waals surface area contributed by atoms with Gasteiger partial charge in [-0.05, 0) is 80.8 Å². The number of hydrogen-bond donors (Lipinski definition) is 1. The predicted molar refractivity (Wildman–Crippen MR) is 118 cm³/mol.